The van der Waals surface area contributed by atoms with Crippen LogP contribution in [0.25, 0.3) is 0 Å². The van der Waals surface area contributed by atoms with Gasteiger partial charge < -0.3 is 19.9 Å². The summed E-state index contributed by atoms with van der Waals surface area (Å²) < 4.78 is 11.0. The van der Waals surface area contributed by atoms with Crippen molar-refractivity contribution in [2.75, 3.05) is 19.7 Å². The van der Waals surface area contributed by atoms with Gasteiger partial charge in [-0.1, -0.05) is 5.16 Å². The monoisotopic (exact) mass is 294 g/mol. The van der Waals surface area contributed by atoms with Crippen molar-refractivity contribution in [2.24, 2.45) is 4.99 Å². The molecule has 1 aliphatic rings. The van der Waals surface area contributed by atoms with Gasteiger partial charge in [-0.2, -0.15) is 0 Å². The fraction of sp³-hybridized carbons (Fsp3) is 0.733. The molecular formula is C15H26N4O2. The standard InChI is InChI=1S/C15H26N4O2/c1-5-16-14(18-10-15(4)7-6-8-20-15)17-9-13-11(2)19-21-12(13)3/h5-10H2,1-4H3,(H2,16,17,18). The maximum Gasteiger partial charge on any atom is 0.191 e. The van der Waals surface area contributed by atoms with Crippen molar-refractivity contribution in [1.29, 1.82) is 0 Å². The van der Waals surface area contributed by atoms with Crippen LogP contribution in [-0.4, -0.2) is 36.4 Å². The zero-order valence-corrected chi connectivity index (χ0v) is 13.5. The zero-order valence-electron chi connectivity index (χ0n) is 13.5. The van der Waals surface area contributed by atoms with E-state index in [2.05, 4.69) is 34.6 Å². The summed E-state index contributed by atoms with van der Waals surface area (Å²) in [5, 5.41) is 10.6. The molecule has 1 atom stereocenters. The Morgan fingerprint density at radius 3 is 2.76 bits per heavy atom. The van der Waals surface area contributed by atoms with E-state index in [4.69, 9.17) is 9.26 Å². The smallest absolute Gasteiger partial charge is 0.191 e. The zero-order chi connectivity index (χ0) is 15.3. The first-order chi connectivity index (χ1) is 10.0. The van der Waals surface area contributed by atoms with E-state index in [0.717, 1.165) is 55.5 Å². The van der Waals surface area contributed by atoms with Crippen LogP contribution in [0.15, 0.2) is 9.52 Å². The predicted octanol–water partition coefficient (Wildman–Crippen LogP) is 1.92. The summed E-state index contributed by atoms with van der Waals surface area (Å²) in [5.41, 5.74) is 1.87. The SMILES string of the molecule is CCNC(=NCc1c(C)noc1C)NCC1(C)CCCO1. The van der Waals surface area contributed by atoms with E-state index >= 15 is 0 Å². The van der Waals surface area contributed by atoms with E-state index in [1.165, 1.54) is 0 Å². The van der Waals surface area contributed by atoms with Gasteiger partial charge in [0.05, 0.1) is 17.8 Å². The van der Waals surface area contributed by atoms with Crippen molar-refractivity contribution >= 4 is 5.96 Å². The average molecular weight is 294 g/mol. The Morgan fingerprint density at radius 1 is 1.38 bits per heavy atom. The van der Waals surface area contributed by atoms with E-state index in [1.54, 1.807) is 0 Å². The molecule has 1 fully saturated rings. The number of guanidine groups is 1. The van der Waals surface area contributed by atoms with Crippen molar-refractivity contribution in [3.05, 3.63) is 17.0 Å². The second-order valence-corrected chi connectivity index (χ2v) is 5.75. The topological polar surface area (TPSA) is 71.7 Å². The molecular weight excluding hydrogens is 268 g/mol. The lowest BCUT2D eigenvalue weighted by Gasteiger charge is -2.24. The molecule has 6 heteroatoms. The van der Waals surface area contributed by atoms with Crippen molar-refractivity contribution in [3.8, 4) is 0 Å². The molecule has 1 aromatic rings. The molecule has 1 aliphatic heterocycles. The number of hydrogen-bond donors (Lipinski definition) is 2. The Morgan fingerprint density at radius 2 is 2.19 bits per heavy atom. The van der Waals surface area contributed by atoms with Crippen molar-refractivity contribution < 1.29 is 9.26 Å². The van der Waals surface area contributed by atoms with Gasteiger partial charge in [0.1, 0.15) is 5.76 Å². The first kappa shape index (κ1) is 15.8. The molecule has 6 nitrogen and oxygen atoms in total. The van der Waals surface area contributed by atoms with Crippen molar-refractivity contribution in [3.63, 3.8) is 0 Å². The van der Waals surface area contributed by atoms with Gasteiger partial charge in [0.2, 0.25) is 0 Å². The molecule has 1 aromatic heterocycles. The Labute approximate surface area is 126 Å². The van der Waals surface area contributed by atoms with Crippen LogP contribution in [0, 0.1) is 13.8 Å². The van der Waals surface area contributed by atoms with Crippen LogP contribution in [0.4, 0.5) is 0 Å². The highest BCUT2D eigenvalue weighted by Crippen LogP contribution is 2.23. The van der Waals surface area contributed by atoms with Crippen LogP contribution < -0.4 is 10.6 Å². The highest BCUT2D eigenvalue weighted by molar-refractivity contribution is 5.79. The van der Waals surface area contributed by atoms with Crippen LogP contribution >= 0.6 is 0 Å². The molecule has 1 unspecified atom stereocenters. The minimum atomic E-state index is -0.0841. The minimum Gasteiger partial charge on any atom is -0.373 e. The first-order valence-electron chi connectivity index (χ1n) is 7.62. The lowest BCUT2D eigenvalue weighted by Crippen LogP contribution is -2.45. The maximum absolute atomic E-state index is 5.79. The van der Waals surface area contributed by atoms with Gasteiger partial charge in [-0.3, -0.25) is 0 Å². The molecule has 0 amide bonds. The third-order valence-corrected chi connectivity index (χ3v) is 3.85. The minimum absolute atomic E-state index is 0.0841. The summed E-state index contributed by atoms with van der Waals surface area (Å²) in [6, 6.07) is 0. The quantitative estimate of drug-likeness (QED) is 0.641. The molecule has 0 saturated carbocycles. The number of aromatic nitrogens is 1. The van der Waals surface area contributed by atoms with E-state index < -0.39 is 0 Å². The molecule has 118 valence electrons. The van der Waals surface area contributed by atoms with E-state index in [9.17, 15) is 0 Å². The second kappa shape index (κ2) is 6.93. The van der Waals surface area contributed by atoms with Crippen LogP contribution in [-0.2, 0) is 11.3 Å². The highest BCUT2D eigenvalue weighted by Gasteiger charge is 2.29. The van der Waals surface area contributed by atoms with E-state index in [-0.39, 0.29) is 5.60 Å². The number of rotatable bonds is 5. The highest BCUT2D eigenvalue weighted by atomic mass is 16.5. The second-order valence-electron chi connectivity index (χ2n) is 5.75. The molecule has 1 saturated heterocycles. The Hall–Kier alpha value is -1.56. The predicted molar refractivity (Wildman–Crippen MR) is 82.4 cm³/mol. The van der Waals surface area contributed by atoms with Gasteiger partial charge in [-0.25, -0.2) is 4.99 Å². The molecule has 0 aromatic carbocycles. The molecule has 0 radical (unpaired) electrons. The van der Waals surface area contributed by atoms with Crippen LogP contribution in [0.3, 0.4) is 0 Å². The molecule has 0 bridgehead atoms. The third kappa shape index (κ3) is 4.20. The molecule has 0 aliphatic carbocycles. The fourth-order valence-electron chi connectivity index (χ4n) is 2.47. The summed E-state index contributed by atoms with van der Waals surface area (Å²) in [6.07, 6.45) is 2.22. The summed E-state index contributed by atoms with van der Waals surface area (Å²) in [6.45, 7) is 11.1. The van der Waals surface area contributed by atoms with Gasteiger partial charge in [-0.05, 0) is 40.5 Å². The van der Waals surface area contributed by atoms with Gasteiger partial charge in [0.25, 0.3) is 0 Å². The third-order valence-electron chi connectivity index (χ3n) is 3.85. The number of nitrogens with one attached hydrogen (secondary N) is 2. The van der Waals surface area contributed by atoms with Crippen LogP contribution in [0.5, 0.6) is 0 Å². The first-order valence-corrected chi connectivity index (χ1v) is 7.62. The van der Waals surface area contributed by atoms with Gasteiger partial charge in [0.15, 0.2) is 5.96 Å². The largest absolute Gasteiger partial charge is 0.373 e. The Bertz CT molecular complexity index is 470. The lowest BCUT2D eigenvalue weighted by molar-refractivity contribution is 0.0243. The maximum atomic E-state index is 5.79. The number of nitrogens with zero attached hydrogens (tertiary/aromatic N) is 2. The van der Waals surface area contributed by atoms with Crippen LogP contribution in [0.1, 0.15) is 43.7 Å². The number of hydrogen-bond acceptors (Lipinski definition) is 4. The van der Waals surface area contributed by atoms with E-state index in [1.807, 2.05) is 13.8 Å². The fourth-order valence-corrected chi connectivity index (χ4v) is 2.47. The Balaban J connectivity index is 1.96. The summed E-state index contributed by atoms with van der Waals surface area (Å²) in [4.78, 5) is 4.61. The van der Waals surface area contributed by atoms with Gasteiger partial charge >= 0.3 is 0 Å². The van der Waals surface area contributed by atoms with Crippen molar-refractivity contribution in [1.82, 2.24) is 15.8 Å². The summed E-state index contributed by atoms with van der Waals surface area (Å²) >= 11 is 0. The Kier molecular flexibility index (Phi) is 5.22. The molecule has 21 heavy (non-hydrogen) atoms. The molecule has 2 heterocycles. The molecule has 0 spiro atoms. The van der Waals surface area contributed by atoms with E-state index in [0.29, 0.717) is 6.54 Å². The molecule has 2 N–H and O–H groups in total. The van der Waals surface area contributed by atoms with Gasteiger partial charge in [-0.15, -0.1) is 0 Å². The van der Waals surface area contributed by atoms with Gasteiger partial charge in [0, 0.05) is 25.3 Å². The van der Waals surface area contributed by atoms with Crippen molar-refractivity contribution in [2.45, 2.75) is 52.7 Å². The number of aliphatic imine (C=N–C) groups is 1. The normalized spacial score (nSPS) is 22.6. The average Bonchev–Trinajstić information content (AvgIpc) is 3.02. The van der Waals surface area contributed by atoms with Crippen LogP contribution in [0.2, 0.25) is 0 Å². The lowest BCUT2D eigenvalue weighted by atomic mass is 10.0. The summed E-state index contributed by atoms with van der Waals surface area (Å²) in [7, 11) is 0. The number of ether oxygens (including phenoxy) is 1. The summed E-state index contributed by atoms with van der Waals surface area (Å²) in [5.74, 6) is 1.63. The molecule has 2 rings (SSSR count). The number of aryl methyl sites for hydroxylation is 2.